The zero-order chi connectivity index (χ0) is 18.8. The SMILES string of the molecule is CC.Cc1cccc(C(C)C)c1[N+]1=CC(C)(c2ccsc2)CC1(C)C. The Hall–Kier alpha value is -1.41. The highest BCUT2D eigenvalue weighted by Crippen LogP contribution is 2.44. The molecular formula is C23H34NS+. The molecule has 1 aromatic carbocycles. The Kier molecular flexibility index (Phi) is 5.93. The molecule has 25 heavy (non-hydrogen) atoms. The van der Waals surface area contributed by atoms with Crippen LogP contribution in [0.1, 0.15) is 77.5 Å². The van der Waals surface area contributed by atoms with E-state index in [0.29, 0.717) is 5.92 Å². The molecule has 2 heterocycles. The van der Waals surface area contributed by atoms with E-state index in [9.17, 15) is 0 Å². The van der Waals surface area contributed by atoms with Crippen LogP contribution >= 0.6 is 11.3 Å². The molecule has 0 saturated carbocycles. The monoisotopic (exact) mass is 356 g/mol. The Balaban J connectivity index is 0.00000109. The topological polar surface area (TPSA) is 3.01 Å². The summed E-state index contributed by atoms with van der Waals surface area (Å²) in [7, 11) is 0. The van der Waals surface area contributed by atoms with Gasteiger partial charge in [0.2, 0.25) is 5.69 Å². The van der Waals surface area contributed by atoms with Crippen LogP contribution in [0.5, 0.6) is 0 Å². The Morgan fingerprint density at radius 1 is 1.08 bits per heavy atom. The molecular weight excluding hydrogens is 322 g/mol. The van der Waals surface area contributed by atoms with E-state index in [2.05, 4.69) is 87.4 Å². The third kappa shape index (κ3) is 3.74. The van der Waals surface area contributed by atoms with Crippen LogP contribution in [0.15, 0.2) is 35.0 Å². The minimum atomic E-state index is 0.111. The van der Waals surface area contributed by atoms with Crippen LogP contribution in [0.4, 0.5) is 5.69 Å². The maximum atomic E-state index is 2.55. The van der Waals surface area contributed by atoms with Crippen LogP contribution in [-0.4, -0.2) is 16.3 Å². The van der Waals surface area contributed by atoms with Crippen LogP contribution in [0, 0.1) is 6.92 Å². The first-order valence-corrected chi connectivity index (χ1v) is 10.5. The van der Waals surface area contributed by atoms with E-state index in [1.807, 2.05) is 13.8 Å². The predicted molar refractivity (Wildman–Crippen MR) is 113 cm³/mol. The minimum absolute atomic E-state index is 0.111. The Morgan fingerprint density at radius 2 is 1.76 bits per heavy atom. The molecule has 1 unspecified atom stereocenters. The first-order valence-electron chi connectivity index (χ1n) is 9.52. The van der Waals surface area contributed by atoms with E-state index < -0.39 is 0 Å². The molecule has 0 bridgehead atoms. The summed E-state index contributed by atoms with van der Waals surface area (Å²) in [5.41, 5.74) is 5.90. The second kappa shape index (κ2) is 7.45. The average molecular weight is 357 g/mol. The van der Waals surface area contributed by atoms with Gasteiger partial charge in [0, 0.05) is 31.4 Å². The van der Waals surface area contributed by atoms with Gasteiger partial charge in [-0.15, -0.1) is 0 Å². The van der Waals surface area contributed by atoms with Crippen molar-refractivity contribution >= 4 is 23.2 Å². The molecule has 0 spiro atoms. The highest BCUT2D eigenvalue weighted by atomic mass is 32.1. The molecule has 1 nitrogen and oxygen atoms in total. The van der Waals surface area contributed by atoms with Crippen molar-refractivity contribution in [2.24, 2.45) is 0 Å². The molecule has 1 aromatic heterocycles. The van der Waals surface area contributed by atoms with Gasteiger partial charge in [-0.1, -0.05) is 45.9 Å². The number of rotatable bonds is 3. The van der Waals surface area contributed by atoms with Crippen molar-refractivity contribution in [1.29, 1.82) is 0 Å². The fraction of sp³-hybridized carbons (Fsp3) is 0.522. The quantitative estimate of drug-likeness (QED) is 0.518. The molecule has 1 atom stereocenters. The highest BCUT2D eigenvalue weighted by molar-refractivity contribution is 7.08. The first kappa shape index (κ1) is 19.9. The zero-order valence-electron chi connectivity index (χ0n) is 17.2. The molecule has 1 aliphatic rings. The molecule has 0 amide bonds. The number of aryl methyl sites for hydroxylation is 1. The Bertz CT molecular complexity index is 737. The van der Waals surface area contributed by atoms with Gasteiger partial charge in [0.15, 0.2) is 11.8 Å². The van der Waals surface area contributed by atoms with E-state index in [-0.39, 0.29) is 11.0 Å². The Labute approximate surface area is 158 Å². The standard InChI is InChI=1S/C21H28NS.C2H6/c1-15(2)18-9-7-8-16(3)19(18)22-14-21(6,13-20(22,4)5)17-10-11-23-12-17;1-2/h7-12,14-15H,13H2,1-6H3;1-2H3/q+1;. The second-order valence-electron chi connectivity index (χ2n) is 8.09. The summed E-state index contributed by atoms with van der Waals surface area (Å²) in [6, 6.07) is 9.00. The van der Waals surface area contributed by atoms with Gasteiger partial charge in [-0.05, 0) is 42.2 Å². The van der Waals surface area contributed by atoms with Crippen LogP contribution in [0.2, 0.25) is 0 Å². The lowest BCUT2D eigenvalue weighted by Crippen LogP contribution is -2.31. The largest absolute Gasteiger partial charge is 0.211 e. The fourth-order valence-corrected chi connectivity index (χ4v) is 4.90. The van der Waals surface area contributed by atoms with Gasteiger partial charge in [-0.2, -0.15) is 15.9 Å². The van der Waals surface area contributed by atoms with Gasteiger partial charge in [0.25, 0.3) is 0 Å². The molecule has 2 aromatic rings. The summed E-state index contributed by atoms with van der Waals surface area (Å²) in [5.74, 6) is 0.530. The van der Waals surface area contributed by atoms with Crippen molar-refractivity contribution in [3.8, 4) is 0 Å². The van der Waals surface area contributed by atoms with Gasteiger partial charge >= 0.3 is 0 Å². The summed E-state index contributed by atoms with van der Waals surface area (Å²) in [6.45, 7) is 17.9. The minimum Gasteiger partial charge on any atom is -0.197 e. The molecule has 136 valence electrons. The number of nitrogens with zero attached hydrogens (tertiary/aromatic N) is 1. The summed E-state index contributed by atoms with van der Waals surface area (Å²) in [5, 5.41) is 4.49. The summed E-state index contributed by atoms with van der Waals surface area (Å²) in [6.07, 6.45) is 3.62. The van der Waals surface area contributed by atoms with Gasteiger partial charge in [0.1, 0.15) is 0 Å². The predicted octanol–water partition coefficient (Wildman–Crippen LogP) is 7.06. The van der Waals surface area contributed by atoms with Gasteiger partial charge in [0.05, 0.1) is 5.41 Å². The lowest BCUT2D eigenvalue weighted by atomic mass is 9.79. The van der Waals surface area contributed by atoms with Crippen molar-refractivity contribution in [3.63, 3.8) is 0 Å². The van der Waals surface area contributed by atoms with Crippen molar-refractivity contribution < 1.29 is 4.58 Å². The third-order valence-corrected chi connectivity index (χ3v) is 5.86. The number of benzene rings is 1. The number of thiophene rings is 1. The number of hydrogen-bond acceptors (Lipinski definition) is 1. The molecule has 0 aliphatic carbocycles. The number of hydrogen-bond donors (Lipinski definition) is 0. The molecule has 0 fully saturated rings. The van der Waals surface area contributed by atoms with Crippen molar-refractivity contribution in [1.82, 2.24) is 0 Å². The molecule has 0 N–H and O–H groups in total. The second-order valence-corrected chi connectivity index (χ2v) is 8.87. The number of para-hydroxylation sites is 1. The summed E-state index contributed by atoms with van der Waals surface area (Å²) in [4.78, 5) is 0. The van der Waals surface area contributed by atoms with Gasteiger partial charge < -0.3 is 0 Å². The zero-order valence-corrected chi connectivity index (χ0v) is 18.0. The molecule has 0 radical (unpaired) electrons. The van der Waals surface area contributed by atoms with E-state index in [4.69, 9.17) is 0 Å². The fourth-order valence-electron chi connectivity index (χ4n) is 4.10. The smallest absolute Gasteiger partial charge is 0.197 e. The normalized spacial score (nSPS) is 21.7. The summed E-state index contributed by atoms with van der Waals surface area (Å²) >= 11 is 1.79. The van der Waals surface area contributed by atoms with Gasteiger partial charge in [-0.25, -0.2) is 0 Å². The highest BCUT2D eigenvalue weighted by Gasteiger charge is 2.50. The van der Waals surface area contributed by atoms with Crippen molar-refractivity contribution in [2.45, 2.75) is 78.7 Å². The lowest BCUT2D eigenvalue weighted by molar-refractivity contribution is -0.512. The third-order valence-electron chi connectivity index (χ3n) is 5.18. The van der Waals surface area contributed by atoms with Crippen LogP contribution in [0.25, 0.3) is 0 Å². The first-order chi connectivity index (χ1) is 11.7. The molecule has 1 aliphatic heterocycles. The van der Waals surface area contributed by atoms with Crippen LogP contribution < -0.4 is 0 Å². The average Bonchev–Trinajstić information content (AvgIpc) is 3.16. The molecule has 2 heteroatoms. The van der Waals surface area contributed by atoms with Crippen molar-refractivity contribution in [3.05, 3.63) is 51.7 Å². The van der Waals surface area contributed by atoms with E-state index in [0.717, 1.165) is 6.42 Å². The molecule has 3 rings (SSSR count). The van der Waals surface area contributed by atoms with Crippen LogP contribution in [0.3, 0.4) is 0 Å². The van der Waals surface area contributed by atoms with E-state index in [1.54, 1.807) is 11.3 Å². The maximum Gasteiger partial charge on any atom is 0.211 e. The molecule has 0 saturated heterocycles. The van der Waals surface area contributed by atoms with Crippen LogP contribution in [-0.2, 0) is 5.41 Å². The maximum absolute atomic E-state index is 2.55. The van der Waals surface area contributed by atoms with E-state index >= 15 is 0 Å². The Morgan fingerprint density at radius 3 is 2.32 bits per heavy atom. The summed E-state index contributed by atoms with van der Waals surface area (Å²) < 4.78 is 2.55. The van der Waals surface area contributed by atoms with Crippen molar-refractivity contribution in [2.75, 3.05) is 0 Å². The van der Waals surface area contributed by atoms with Gasteiger partial charge in [-0.3, -0.25) is 0 Å². The van der Waals surface area contributed by atoms with E-state index in [1.165, 1.54) is 22.4 Å². The lowest BCUT2D eigenvalue weighted by Gasteiger charge is -2.23.